The van der Waals surface area contributed by atoms with Gasteiger partial charge in [0.15, 0.2) is 6.61 Å². The van der Waals surface area contributed by atoms with E-state index in [4.69, 9.17) is 14.3 Å². The number of benzene rings is 2. The Labute approximate surface area is 171 Å². The quantitative estimate of drug-likeness (QED) is 0.632. The lowest BCUT2D eigenvalue weighted by Gasteiger charge is -2.23. The molecule has 0 aliphatic rings. The molecule has 0 aliphatic heterocycles. The maximum Gasteiger partial charge on any atom is 0.253 e. The number of rotatable bonds is 9. The molecule has 0 bridgehead atoms. The zero-order valence-corrected chi connectivity index (χ0v) is 17.4. The van der Waals surface area contributed by atoms with Gasteiger partial charge in [-0.05, 0) is 44.5 Å². The molecule has 2 amide bonds. The smallest absolute Gasteiger partial charge is 0.253 e. The molecule has 2 aromatic rings. The number of ether oxygens (including phenoxy) is 2. The van der Waals surface area contributed by atoms with Gasteiger partial charge in [0.2, 0.25) is 5.91 Å². The van der Waals surface area contributed by atoms with Crippen LogP contribution in [-0.4, -0.2) is 32.6 Å². The van der Waals surface area contributed by atoms with Crippen molar-refractivity contribution in [2.75, 3.05) is 20.8 Å². The van der Waals surface area contributed by atoms with Crippen molar-refractivity contribution in [2.45, 2.75) is 32.2 Å². The van der Waals surface area contributed by atoms with E-state index in [1.165, 1.54) is 0 Å². The molecule has 2 aromatic carbocycles. The lowest BCUT2D eigenvalue weighted by molar-refractivity contribution is -0.143. The van der Waals surface area contributed by atoms with Crippen LogP contribution in [0.5, 0.6) is 11.5 Å². The van der Waals surface area contributed by atoms with Gasteiger partial charge in [0.1, 0.15) is 11.5 Å². The summed E-state index contributed by atoms with van der Waals surface area (Å²) < 4.78 is 10.6. The van der Waals surface area contributed by atoms with Gasteiger partial charge in [-0.25, -0.2) is 5.48 Å². The Hall–Kier alpha value is -3.06. The molecule has 1 atom stereocenters. The molecule has 0 saturated carbocycles. The molecule has 156 valence electrons. The van der Waals surface area contributed by atoms with E-state index in [1.807, 2.05) is 37.3 Å². The van der Waals surface area contributed by atoms with Crippen LogP contribution in [0.25, 0.3) is 0 Å². The Balaban J connectivity index is 1.89. The molecule has 0 saturated heterocycles. The minimum Gasteiger partial charge on any atom is -0.497 e. The van der Waals surface area contributed by atoms with Crippen LogP contribution in [0.4, 0.5) is 0 Å². The number of hydrogen-bond acceptors (Lipinski definition) is 5. The number of nitrogens with one attached hydrogen (secondary N) is 2. The number of amides is 2. The van der Waals surface area contributed by atoms with Crippen LogP contribution in [0, 0.1) is 0 Å². The molecular formula is C22H28N2O5. The zero-order chi connectivity index (χ0) is 21.4. The summed E-state index contributed by atoms with van der Waals surface area (Å²) in [5.74, 6) is 0.588. The van der Waals surface area contributed by atoms with Crippen LogP contribution in [0.15, 0.2) is 48.5 Å². The predicted molar refractivity (Wildman–Crippen MR) is 110 cm³/mol. The monoisotopic (exact) mass is 400 g/mol. The van der Waals surface area contributed by atoms with Gasteiger partial charge in [0.25, 0.3) is 5.91 Å². The number of hydroxylamine groups is 1. The molecule has 7 heteroatoms. The normalized spacial score (nSPS) is 12.0. The number of hydrogen-bond donors (Lipinski definition) is 2. The second kappa shape index (κ2) is 9.93. The Morgan fingerprint density at radius 3 is 2.34 bits per heavy atom. The molecule has 0 heterocycles. The zero-order valence-electron chi connectivity index (χ0n) is 17.4. The average Bonchev–Trinajstić information content (AvgIpc) is 2.73. The maximum atomic E-state index is 12.4. The van der Waals surface area contributed by atoms with E-state index in [0.29, 0.717) is 11.5 Å². The van der Waals surface area contributed by atoms with Gasteiger partial charge in [0.05, 0.1) is 25.7 Å². The van der Waals surface area contributed by atoms with Crippen LogP contribution in [0.1, 0.15) is 37.9 Å². The average molecular weight is 400 g/mol. The number of methoxy groups -OCH3 is 2. The van der Waals surface area contributed by atoms with E-state index >= 15 is 0 Å². The molecule has 29 heavy (non-hydrogen) atoms. The molecule has 0 aromatic heterocycles. The first-order chi connectivity index (χ1) is 13.8. The third-order valence-corrected chi connectivity index (χ3v) is 4.71. The minimum absolute atomic E-state index is 0.312. The Morgan fingerprint density at radius 2 is 1.72 bits per heavy atom. The Kier molecular flexibility index (Phi) is 7.61. The van der Waals surface area contributed by atoms with E-state index in [9.17, 15) is 9.59 Å². The molecule has 0 radical (unpaired) electrons. The first-order valence-corrected chi connectivity index (χ1v) is 9.28. The van der Waals surface area contributed by atoms with E-state index in [-0.39, 0.29) is 24.5 Å². The molecule has 7 nitrogen and oxygen atoms in total. The highest BCUT2D eigenvalue weighted by atomic mass is 16.7. The van der Waals surface area contributed by atoms with Crippen LogP contribution in [0.3, 0.4) is 0 Å². The highest BCUT2D eigenvalue weighted by molar-refractivity contribution is 5.86. The molecule has 2 rings (SSSR count). The minimum atomic E-state index is -0.793. The van der Waals surface area contributed by atoms with E-state index in [0.717, 1.165) is 11.1 Å². The lowest BCUT2D eigenvalue weighted by atomic mass is 9.84. The van der Waals surface area contributed by atoms with Crippen LogP contribution in [-0.2, 0) is 19.8 Å². The molecule has 0 spiro atoms. The Bertz CT molecular complexity index is 836. The van der Waals surface area contributed by atoms with Gasteiger partial charge in [-0.15, -0.1) is 0 Å². The van der Waals surface area contributed by atoms with Crippen LogP contribution in [0.2, 0.25) is 0 Å². The fourth-order valence-corrected chi connectivity index (χ4v) is 2.82. The summed E-state index contributed by atoms with van der Waals surface area (Å²) in [5.41, 5.74) is 3.19. The summed E-state index contributed by atoms with van der Waals surface area (Å²) in [6, 6.07) is 14.4. The van der Waals surface area contributed by atoms with Crippen LogP contribution < -0.4 is 20.3 Å². The van der Waals surface area contributed by atoms with Gasteiger partial charge < -0.3 is 14.8 Å². The molecule has 0 fully saturated rings. The number of carbonyl (C=O) groups excluding carboxylic acids is 2. The van der Waals surface area contributed by atoms with Gasteiger partial charge in [-0.2, -0.15) is 0 Å². The predicted octanol–water partition coefficient (Wildman–Crippen LogP) is 2.91. The summed E-state index contributed by atoms with van der Waals surface area (Å²) in [4.78, 5) is 29.8. The molecule has 1 unspecified atom stereocenters. The summed E-state index contributed by atoms with van der Waals surface area (Å²) in [6.07, 6.45) is 0. The fourth-order valence-electron chi connectivity index (χ4n) is 2.82. The molecule has 0 aliphatic carbocycles. The van der Waals surface area contributed by atoms with Gasteiger partial charge in [0, 0.05) is 5.56 Å². The van der Waals surface area contributed by atoms with E-state index in [1.54, 1.807) is 46.3 Å². The van der Waals surface area contributed by atoms with Gasteiger partial charge in [-0.3, -0.25) is 14.4 Å². The maximum absolute atomic E-state index is 12.4. The number of carbonyl (C=O) groups is 2. The van der Waals surface area contributed by atoms with Crippen molar-refractivity contribution in [3.63, 3.8) is 0 Å². The fraction of sp³-hybridized carbons (Fsp3) is 0.364. The van der Waals surface area contributed by atoms with Crippen molar-refractivity contribution in [2.24, 2.45) is 0 Å². The summed E-state index contributed by atoms with van der Waals surface area (Å²) in [7, 11) is 3.13. The van der Waals surface area contributed by atoms with Crippen molar-refractivity contribution >= 4 is 11.8 Å². The Morgan fingerprint density at radius 1 is 1.03 bits per heavy atom. The highest BCUT2D eigenvalue weighted by Gasteiger charge is 2.30. The standard InChI is InChI=1S/C22H28N2O5/c1-15(18-13-17(27-4)11-12-19(18)28-5)23-20(25)14-29-24-21(26)22(2,3)16-9-7-6-8-10-16/h6-13,15H,14H2,1-5H3,(H,23,25)(H,24,26). The van der Waals surface area contributed by atoms with Crippen molar-refractivity contribution in [3.8, 4) is 11.5 Å². The molecule has 2 N–H and O–H groups in total. The highest BCUT2D eigenvalue weighted by Crippen LogP contribution is 2.29. The lowest BCUT2D eigenvalue weighted by Crippen LogP contribution is -2.42. The van der Waals surface area contributed by atoms with Crippen LogP contribution >= 0.6 is 0 Å². The second-order valence-electron chi connectivity index (χ2n) is 7.11. The first kappa shape index (κ1) is 22.2. The second-order valence-corrected chi connectivity index (χ2v) is 7.11. The van der Waals surface area contributed by atoms with Crippen molar-refractivity contribution in [1.82, 2.24) is 10.8 Å². The summed E-state index contributed by atoms with van der Waals surface area (Å²) in [5, 5.41) is 2.82. The van der Waals surface area contributed by atoms with E-state index in [2.05, 4.69) is 10.8 Å². The van der Waals surface area contributed by atoms with Crippen molar-refractivity contribution < 1.29 is 23.9 Å². The third kappa shape index (κ3) is 5.71. The largest absolute Gasteiger partial charge is 0.497 e. The van der Waals surface area contributed by atoms with Gasteiger partial charge >= 0.3 is 0 Å². The summed E-state index contributed by atoms with van der Waals surface area (Å²) in [6.45, 7) is 5.09. The van der Waals surface area contributed by atoms with Gasteiger partial charge in [-0.1, -0.05) is 30.3 Å². The topological polar surface area (TPSA) is 85.9 Å². The first-order valence-electron chi connectivity index (χ1n) is 9.28. The van der Waals surface area contributed by atoms with Crippen molar-refractivity contribution in [1.29, 1.82) is 0 Å². The molecular weight excluding hydrogens is 372 g/mol. The SMILES string of the molecule is COc1ccc(OC)c(C(C)NC(=O)CONC(=O)C(C)(C)c2ccccc2)c1. The summed E-state index contributed by atoms with van der Waals surface area (Å²) >= 11 is 0. The van der Waals surface area contributed by atoms with Crippen molar-refractivity contribution in [3.05, 3.63) is 59.7 Å². The third-order valence-electron chi connectivity index (χ3n) is 4.71. The van der Waals surface area contributed by atoms with E-state index < -0.39 is 5.41 Å².